The Morgan fingerprint density at radius 2 is 1.92 bits per heavy atom. The molecule has 1 aliphatic heterocycles. The number of H-pyrrole nitrogens is 1. The summed E-state index contributed by atoms with van der Waals surface area (Å²) in [6.45, 7) is 3.48. The molecule has 0 aliphatic carbocycles. The molecule has 1 fully saturated rings. The van der Waals surface area contributed by atoms with Gasteiger partial charge in [0.15, 0.2) is 11.6 Å². The average Bonchev–Trinajstić information content (AvgIpc) is 3.41. The first-order chi connectivity index (χ1) is 18.5. The molecule has 0 radical (unpaired) electrons. The second-order valence-electron chi connectivity index (χ2n) is 8.40. The van der Waals surface area contributed by atoms with Crippen molar-refractivity contribution in [2.75, 3.05) is 33.3 Å². The van der Waals surface area contributed by atoms with Crippen molar-refractivity contribution in [3.8, 4) is 5.75 Å². The zero-order valence-electron chi connectivity index (χ0n) is 21.3. The Morgan fingerprint density at radius 3 is 2.58 bits per heavy atom. The van der Waals surface area contributed by atoms with Gasteiger partial charge in [-0.15, -0.1) is 4.98 Å². The molecular formula is C25H31N10O3+. The third kappa shape index (κ3) is 5.62. The summed E-state index contributed by atoms with van der Waals surface area (Å²) in [7, 11) is 1.48. The molecule has 1 saturated heterocycles. The summed E-state index contributed by atoms with van der Waals surface area (Å²) in [5, 5.41) is 0.451. The summed E-state index contributed by atoms with van der Waals surface area (Å²) in [6, 6.07) is 9.42. The van der Waals surface area contributed by atoms with Crippen LogP contribution in [0.3, 0.4) is 0 Å². The van der Waals surface area contributed by atoms with Crippen LogP contribution in [0.1, 0.15) is 23.7 Å². The van der Waals surface area contributed by atoms with Gasteiger partial charge in [0.25, 0.3) is 17.5 Å². The number of piperazine rings is 1. The number of ketones is 1. The number of fused-ring (bicyclic) bond motifs is 1. The molecule has 1 aliphatic rings. The Bertz CT molecular complexity index is 1390. The van der Waals surface area contributed by atoms with Crippen LogP contribution in [0, 0.1) is 0 Å². The molecule has 38 heavy (non-hydrogen) atoms. The van der Waals surface area contributed by atoms with E-state index in [0.29, 0.717) is 66.9 Å². The fourth-order valence-corrected chi connectivity index (χ4v) is 4.03. The summed E-state index contributed by atoms with van der Waals surface area (Å²) in [5.74, 6) is 6.17. The summed E-state index contributed by atoms with van der Waals surface area (Å²) >= 11 is 0. The van der Waals surface area contributed by atoms with E-state index in [4.69, 9.17) is 16.3 Å². The van der Waals surface area contributed by atoms with E-state index < -0.39 is 11.7 Å². The van der Waals surface area contributed by atoms with Crippen LogP contribution in [0.25, 0.3) is 10.9 Å². The van der Waals surface area contributed by atoms with E-state index in [0.717, 1.165) is 5.69 Å². The number of benzene rings is 1. The normalized spacial score (nSPS) is 14.8. The van der Waals surface area contributed by atoms with Crippen LogP contribution < -0.4 is 26.7 Å². The van der Waals surface area contributed by atoms with Crippen LogP contribution in [0.4, 0.5) is 11.5 Å². The number of amides is 1. The van der Waals surface area contributed by atoms with Gasteiger partial charge in [0.2, 0.25) is 12.3 Å². The number of aromatic nitrogens is 2. The van der Waals surface area contributed by atoms with E-state index >= 15 is 0 Å². The maximum Gasteiger partial charge on any atom is 0.295 e. The lowest BCUT2D eigenvalue weighted by Gasteiger charge is -2.35. The number of hydrazine groups is 1. The lowest BCUT2D eigenvalue weighted by atomic mass is 10.1. The monoisotopic (exact) mass is 519 g/mol. The van der Waals surface area contributed by atoms with Gasteiger partial charge >= 0.3 is 0 Å². The van der Waals surface area contributed by atoms with Gasteiger partial charge in [-0.3, -0.25) is 15.0 Å². The van der Waals surface area contributed by atoms with Crippen molar-refractivity contribution in [2.24, 2.45) is 21.6 Å². The number of carbonyl (C=O) groups excluding carboxylic acids is 2. The van der Waals surface area contributed by atoms with Crippen LogP contribution in [0.2, 0.25) is 0 Å². The molecule has 0 unspecified atom stereocenters. The number of rotatable bonds is 7. The molecule has 0 bridgehead atoms. The Kier molecular flexibility index (Phi) is 8.28. The van der Waals surface area contributed by atoms with E-state index in [1.54, 1.807) is 0 Å². The first-order valence-corrected chi connectivity index (χ1v) is 12.1. The minimum absolute atomic E-state index is 0.196. The van der Waals surface area contributed by atoms with Gasteiger partial charge in [0, 0.05) is 38.8 Å². The third-order valence-corrected chi connectivity index (χ3v) is 6.11. The molecule has 0 saturated carbocycles. The second-order valence-corrected chi connectivity index (χ2v) is 8.40. The number of aliphatic imine (C=N–C) groups is 2. The van der Waals surface area contributed by atoms with Gasteiger partial charge in [-0.2, -0.15) is 0 Å². The highest BCUT2D eigenvalue weighted by atomic mass is 16.5. The number of nitrogens with one attached hydrogen (secondary N) is 3. The number of carbonyl (C=O) groups is 2. The molecular weight excluding hydrogens is 488 g/mol. The van der Waals surface area contributed by atoms with Gasteiger partial charge in [0.1, 0.15) is 11.7 Å². The SMILES string of the molecule is CCC(N)=NC=[NH+]c1ncc(OC)c2c(C(=O)C(=O)N3CCN(C(=Nc4ccccc4)NN)CC3)c[nH]c12. The highest BCUT2D eigenvalue weighted by Gasteiger charge is 2.31. The number of para-hydroxylation sites is 1. The van der Waals surface area contributed by atoms with Crippen molar-refractivity contribution in [1.29, 1.82) is 0 Å². The molecule has 13 heteroatoms. The zero-order chi connectivity index (χ0) is 27.1. The van der Waals surface area contributed by atoms with Crippen molar-refractivity contribution in [3.05, 3.63) is 48.3 Å². The van der Waals surface area contributed by atoms with Crippen molar-refractivity contribution in [3.63, 3.8) is 0 Å². The van der Waals surface area contributed by atoms with Crippen molar-refractivity contribution < 1.29 is 19.3 Å². The Labute approximate surface area is 219 Å². The fraction of sp³-hybridized carbons (Fsp3) is 0.280. The molecule has 3 heterocycles. The molecule has 198 valence electrons. The third-order valence-electron chi connectivity index (χ3n) is 6.11. The molecule has 1 aromatic carbocycles. The molecule has 0 spiro atoms. The van der Waals surface area contributed by atoms with Crippen LogP contribution in [0.5, 0.6) is 5.75 Å². The van der Waals surface area contributed by atoms with E-state index in [1.807, 2.05) is 42.2 Å². The predicted molar refractivity (Wildman–Crippen MR) is 145 cm³/mol. The predicted octanol–water partition coefficient (Wildman–Crippen LogP) is -0.443. The maximum atomic E-state index is 13.3. The number of nitrogens with two attached hydrogens (primary N) is 2. The lowest BCUT2D eigenvalue weighted by Crippen LogP contribution is -2.62. The number of hydrogen-bond acceptors (Lipinski definition) is 6. The van der Waals surface area contributed by atoms with Crippen molar-refractivity contribution in [2.45, 2.75) is 13.3 Å². The minimum atomic E-state index is -0.646. The highest BCUT2D eigenvalue weighted by Crippen LogP contribution is 2.31. The zero-order valence-corrected chi connectivity index (χ0v) is 21.3. The summed E-state index contributed by atoms with van der Waals surface area (Å²) in [5.41, 5.74) is 9.82. The Balaban J connectivity index is 1.51. The number of methoxy groups -OCH3 is 1. The van der Waals surface area contributed by atoms with Gasteiger partial charge in [0.05, 0.1) is 23.7 Å². The van der Waals surface area contributed by atoms with Crippen LogP contribution in [-0.2, 0) is 4.79 Å². The summed E-state index contributed by atoms with van der Waals surface area (Å²) in [4.78, 5) is 48.9. The standard InChI is InChI=1S/C25H30N10O3/c1-3-19(26)30-15-31-23-21-20(18(38-2)14-29-23)17(13-28-21)22(36)24(37)34-9-11-35(12-10-34)25(33-27)32-16-7-5-4-6-8-16/h4-8,13-15,28H,3,9-12,27H2,1-2H3,(H,32,33)(H2,26,29,30,31)/p+1. The topological polar surface area (TPSA) is 181 Å². The van der Waals surface area contributed by atoms with Gasteiger partial charge in [-0.25, -0.2) is 15.8 Å². The number of ether oxygens (including phenoxy) is 1. The maximum absolute atomic E-state index is 13.3. The van der Waals surface area contributed by atoms with Crippen LogP contribution in [-0.4, -0.2) is 82.9 Å². The van der Waals surface area contributed by atoms with Gasteiger partial charge in [-0.1, -0.05) is 30.1 Å². The fourth-order valence-electron chi connectivity index (χ4n) is 4.03. The van der Waals surface area contributed by atoms with Crippen molar-refractivity contribution in [1.82, 2.24) is 25.2 Å². The Hall–Kier alpha value is -4.78. The number of nitrogens with zero attached hydrogens (tertiary/aromatic N) is 5. The number of pyridine rings is 1. The second kappa shape index (κ2) is 12.0. The van der Waals surface area contributed by atoms with E-state index in [-0.39, 0.29) is 5.56 Å². The van der Waals surface area contributed by atoms with Gasteiger partial charge in [-0.05, 0) is 12.1 Å². The van der Waals surface area contributed by atoms with E-state index in [9.17, 15) is 9.59 Å². The van der Waals surface area contributed by atoms with E-state index in [2.05, 4.69) is 30.4 Å². The van der Waals surface area contributed by atoms with Crippen LogP contribution >= 0.6 is 0 Å². The number of amidine groups is 1. The number of aromatic amines is 1. The smallest absolute Gasteiger partial charge is 0.295 e. The molecule has 7 N–H and O–H groups in total. The first-order valence-electron chi connectivity index (χ1n) is 12.1. The largest absolute Gasteiger partial charge is 0.493 e. The lowest BCUT2D eigenvalue weighted by molar-refractivity contribution is -0.351. The number of Topliss-reactive ketones (excluding diaryl/α,β-unsaturated/α-hetero) is 1. The Morgan fingerprint density at radius 1 is 1.21 bits per heavy atom. The quantitative estimate of drug-likeness (QED) is 0.0695. The highest BCUT2D eigenvalue weighted by molar-refractivity contribution is 6.45. The first kappa shape index (κ1) is 26.3. The molecule has 0 atom stereocenters. The molecule has 13 nitrogen and oxygen atoms in total. The number of guanidine groups is 1. The number of hydrogen-bond donors (Lipinski definition) is 5. The van der Waals surface area contributed by atoms with Crippen molar-refractivity contribution >= 4 is 52.2 Å². The average molecular weight is 520 g/mol. The summed E-state index contributed by atoms with van der Waals surface area (Å²) < 4.78 is 5.43. The molecule has 1 amide bonds. The summed E-state index contributed by atoms with van der Waals surface area (Å²) in [6.07, 6.45) is 4.99. The minimum Gasteiger partial charge on any atom is -0.493 e. The molecule has 3 aromatic rings. The van der Waals surface area contributed by atoms with Crippen LogP contribution in [0.15, 0.2) is 52.7 Å². The van der Waals surface area contributed by atoms with E-state index in [1.165, 1.54) is 30.7 Å². The molecule has 2 aromatic heterocycles. The molecule has 4 rings (SSSR count). The van der Waals surface area contributed by atoms with Gasteiger partial charge < -0.3 is 25.3 Å².